The lowest BCUT2D eigenvalue weighted by atomic mass is 9.85. The molecule has 3 rings (SSSR count). The van der Waals surface area contributed by atoms with E-state index < -0.39 is 0 Å². The van der Waals surface area contributed by atoms with Crippen molar-refractivity contribution in [2.75, 3.05) is 57.4 Å². The van der Waals surface area contributed by atoms with E-state index in [1.54, 1.807) is 0 Å². The number of thioether (sulfide) groups is 1. The van der Waals surface area contributed by atoms with Crippen molar-refractivity contribution in [3.63, 3.8) is 0 Å². The van der Waals surface area contributed by atoms with Crippen LogP contribution in [0.25, 0.3) is 0 Å². The Balaban J connectivity index is 1.65. The number of nitrogens with zero attached hydrogens (tertiary/aromatic N) is 2. The summed E-state index contributed by atoms with van der Waals surface area (Å²) in [5.74, 6) is 3.36. The summed E-state index contributed by atoms with van der Waals surface area (Å²) in [6.45, 7) is 13.0. The van der Waals surface area contributed by atoms with Gasteiger partial charge in [0.05, 0.1) is 19.8 Å². The van der Waals surface area contributed by atoms with Crippen molar-refractivity contribution in [2.45, 2.75) is 38.1 Å². The molecule has 2 saturated heterocycles. The number of morpholine rings is 1. The number of aliphatic imine (C=N–C) groups is 1. The second-order valence-electron chi connectivity index (χ2n) is 8.42. The lowest BCUT2D eigenvalue weighted by molar-refractivity contribution is -0.0120. The van der Waals surface area contributed by atoms with Gasteiger partial charge in [0.25, 0.3) is 0 Å². The van der Waals surface area contributed by atoms with Crippen LogP contribution < -0.4 is 10.6 Å². The molecule has 1 unspecified atom stereocenters. The van der Waals surface area contributed by atoms with E-state index in [4.69, 9.17) is 9.73 Å². The summed E-state index contributed by atoms with van der Waals surface area (Å²) >= 11 is 2.07. The molecule has 0 saturated carbocycles. The zero-order valence-corrected chi connectivity index (χ0v) is 18.5. The minimum Gasteiger partial charge on any atom is -0.379 e. The predicted molar refractivity (Wildman–Crippen MR) is 121 cm³/mol. The third-order valence-electron chi connectivity index (χ3n) is 5.88. The van der Waals surface area contributed by atoms with Gasteiger partial charge < -0.3 is 15.4 Å². The Hall–Kier alpha value is -1.24. The molecule has 0 aliphatic carbocycles. The number of benzene rings is 1. The van der Waals surface area contributed by atoms with Crippen molar-refractivity contribution in [3.05, 3.63) is 35.9 Å². The first-order chi connectivity index (χ1) is 13.6. The van der Waals surface area contributed by atoms with Gasteiger partial charge in [-0.25, -0.2) is 0 Å². The van der Waals surface area contributed by atoms with Crippen LogP contribution in [0, 0.1) is 0 Å². The van der Waals surface area contributed by atoms with Crippen LogP contribution in [0.5, 0.6) is 0 Å². The van der Waals surface area contributed by atoms with Crippen molar-refractivity contribution in [3.8, 4) is 0 Å². The Labute approximate surface area is 174 Å². The van der Waals surface area contributed by atoms with E-state index in [-0.39, 0.29) is 11.0 Å². The Bertz CT molecular complexity index is 623. The highest BCUT2D eigenvalue weighted by molar-refractivity contribution is 7.99. The fraction of sp³-hybridized carbons (Fsp3) is 0.682. The summed E-state index contributed by atoms with van der Waals surface area (Å²) in [5, 5.41) is 7.11. The van der Waals surface area contributed by atoms with Gasteiger partial charge in [-0.1, -0.05) is 44.2 Å². The zero-order chi connectivity index (χ0) is 19.9. The molecule has 2 heterocycles. The molecule has 1 aromatic rings. The van der Waals surface area contributed by atoms with Gasteiger partial charge in [-0.3, -0.25) is 9.89 Å². The van der Waals surface area contributed by atoms with Gasteiger partial charge in [0, 0.05) is 42.9 Å². The van der Waals surface area contributed by atoms with E-state index >= 15 is 0 Å². The number of hydrogen-bond donors (Lipinski definition) is 2. The monoisotopic (exact) mass is 404 g/mol. The van der Waals surface area contributed by atoms with Gasteiger partial charge in [0.15, 0.2) is 5.96 Å². The lowest BCUT2D eigenvalue weighted by Gasteiger charge is -2.43. The summed E-state index contributed by atoms with van der Waals surface area (Å²) < 4.78 is 5.58. The van der Waals surface area contributed by atoms with Crippen molar-refractivity contribution >= 4 is 17.7 Å². The average molecular weight is 405 g/mol. The summed E-state index contributed by atoms with van der Waals surface area (Å²) in [6, 6.07) is 10.7. The van der Waals surface area contributed by atoms with Crippen LogP contribution in [0.1, 0.15) is 32.8 Å². The molecular formula is C22H36N4OS. The lowest BCUT2D eigenvalue weighted by Crippen LogP contribution is -2.60. The van der Waals surface area contributed by atoms with E-state index in [0.717, 1.165) is 51.9 Å². The molecule has 2 aliphatic heterocycles. The van der Waals surface area contributed by atoms with Gasteiger partial charge in [-0.05, 0) is 24.7 Å². The zero-order valence-electron chi connectivity index (χ0n) is 17.7. The molecular weight excluding hydrogens is 368 g/mol. The van der Waals surface area contributed by atoms with Gasteiger partial charge in [0.1, 0.15) is 0 Å². The van der Waals surface area contributed by atoms with Gasteiger partial charge in [0.2, 0.25) is 0 Å². The molecule has 28 heavy (non-hydrogen) atoms. The minimum atomic E-state index is 0.00865. The van der Waals surface area contributed by atoms with E-state index in [2.05, 4.69) is 78.4 Å². The van der Waals surface area contributed by atoms with Crippen LogP contribution in [-0.4, -0.2) is 73.8 Å². The topological polar surface area (TPSA) is 48.9 Å². The van der Waals surface area contributed by atoms with Crippen LogP contribution >= 0.6 is 11.8 Å². The number of guanidine groups is 1. The van der Waals surface area contributed by atoms with Crippen LogP contribution in [-0.2, 0) is 10.2 Å². The Morgan fingerprint density at radius 2 is 1.96 bits per heavy atom. The highest BCUT2D eigenvalue weighted by Gasteiger charge is 2.40. The Morgan fingerprint density at radius 3 is 2.61 bits per heavy atom. The molecule has 0 aromatic heterocycles. The van der Waals surface area contributed by atoms with Crippen LogP contribution in [0.4, 0.5) is 0 Å². The highest BCUT2D eigenvalue weighted by Crippen LogP contribution is 2.33. The number of ether oxygens (including phenoxy) is 1. The number of rotatable bonds is 7. The largest absolute Gasteiger partial charge is 0.379 e. The molecule has 2 fully saturated rings. The predicted octanol–water partition coefficient (Wildman–Crippen LogP) is 2.73. The third-order valence-corrected chi connectivity index (χ3v) is 7.12. The SMILES string of the molecule is CCNC(=NCC(C)(C)c1ccccc1)NCC1(N2CCOCC2)CCSC1. The molecule has 6 heteroatoms. The Morgan fingerprint density at radius 1 is 1.21 bits per heavy atom. The molecule has 0 radical (unpaired) electrons. The van der Waals surface area contributed by atoms with Crippen molar-refractivity contribution in [1.29, 1.82) is 0 Å². The summed E-state index contributed by atoms with van der Waals surface area (Å²) in [7, 11) is 0. The normalized spacial score (nSPS) is 24.3. The maximum atomic E-state index is 5.58. The quantitative estimate of drug-likeness (QED) is 0.541. The number of hydrogen-bond acceptors (Lipinski definition) is 4. The average Bonchev–Trinajstić information content (AvgIpc) is 3.22. The second kappa shape index (κ2) is 9.99. The van der Waals surface area contributed by atoms with Crippen molar-refractivity contribution in [2.24, 2.45) is 4.99 Å². The highest BCUT2D eigenvalue weighted by atomic mass is 32.2. The summed E-state index contributed by atoms with van der Waals surface area (Å²) in [6.07, 6.45) is 1.24. The maximum Gasteiger partial charge on any atom is 0.191 e. The molecule has 2 N–H and O–H groups in total. The van der Waals surface area contributed by atoms with E-state index in [1.165, 1.54) is 23.5 Å². The smallest absolute Gasteiger partial charge is 0.191 e. The van der Waals surface area contributed by atoms with Gasteiger partial charge in [-0.2, -0.15) is 11.8 Å². The van der Waals surface area contributed by atoms with Crippen LogP contribution in [0.15, 0.2) is 35.3 Å². The molecule has 0 spiro atoms. The first kappa shape index (κ1) is 21.5. The Kier molecular flexibility index (Phi) is 7.66. The van der Waals surface area contributed by atoms with Crippen LogP contribution in [0.2, 0.25) is 0 Å². The first-order valence-corrected chi connectivity index (χ1v) is 11.7. The van der Waals surface area contributed by atoms with E-state index in [9.17, 15) is 0 Å². The molecule has 1 atom stereocenters. The first-order valence-electron chi connectivity index (χ1n) is 10.5. The third kappa shape index (κ3) is 5.43. The van der Waals surface area contributed by atoms with Gasteiger partial charge >= 0.3 is 0 Å². The molecule has 0 amide bonds. The molecule has 0 bridgehead atoms. The minimum absolute atomic E-state index is 0.00865. The standard InChI is InChI=1S/C22H36N4OS/c1-4-23-20(24-16-21(2,3)19-8-6-5-7-9-19)25-17-22(10-15-28-18-22)26-11-13-27-14-12-26/h5-9H,4,10-18H2,1-3H3,(H2,23,24,25). The van der Waals surface area contributed by atoms with E-state index in [0.29, 0.717) is 0 Å². The molecule has 1 aromatic carbocycles. The van der Waals surface area contributed by atoms with Crippen molar-refractivity contribution in [1.82, 2.24) is 15.5 Å². The number of nitrogens with one attached hydrogen (secondary N) is 2. The molecule has 156 valence electrons. The summed E-state index contributed by atoms with van der Waals surface area (Å²) in [4.78, 5) is 7.58. The molecule has 2 aliphatic rings. The van der Waals surface area contributed by atoms with E-state index in [1.807, 2.05) is 0 Å². The van der Waals surface area contributed by atoms with Crippen LogP contribution in [0.3, 0.4) is 0 Å². The van der Waals surface area contributed by atoms with Gasteiger partial charge in [-0.15, -0.1) is 0 Å². The van der Waals surface area contributed by atoms with Crippen molar-refractivity contribution < 1.29 is 4.74 Å². The summed E-state index contributed by atoms with van der Waals surface area (Å²) in [5.41, 5.74) is 1.56. The second-order valence-corrected chi connectivity index (χ2v) is 9.53. The molecule has 5 nitrogen and oxygen atoms in total. The fourth-order valence-electron chi connectivity index (χ4n) is 3.98. The maximum absolute atomic E-state index is 5.58. The fourth-order valence-corrected chi connectivity index (χ4v) is 5.46.